The maximum absolute atomic E-state index is 11.7. The van der Waals surface area contributed by atoms with Crippen molar-refractivity contribution in [3.8, 4) is 11.5 Å². The zero-order valence-electron chi connectivity index (χ0n) is 17.6. The van der Waals surface area contributed by atoms with Crippen molar-refractivity contribution in [3.05, 3.63) is 34.9 Å². The molecule has 1 aromatic carbocycles. The number of allylic oxidation sites excluding steroid dienone is 1. The Balaban J connectivity index is 1.74. The standard InChI is InChI=1S/C23H31NO5/c1-4-17-10-21(26-3)22-19-11-18(28-22)12-23(27-14-16(2)29-23)8-6-5-7-9-24(15-25)13-20(17)19/h6,8,10,15-16,18H,4-5,7,9,11-14H2,1-3H3/b8-6-. The van der Waals surface area contributed by atoms with Crippen LogP contribution in [0.25, 0.3) is 0 Å². The summed E-state index contributed by atoms with van der Waals surface area (Å²) < 4.78 is 24.3. The van der Waals surface area contributed by atoms with E-state index >= 15 is 0 Å². The van der Waals surface area contributed by atoms with Crippen molar-refractivity contribution in [1.82, 2.24) is 4.90 Å². The van der Waals surface area contributed by atoms with Crippen molar-refractivity contribution < 1.29 is 23.7 Å². The summed E-state index contributed by atoms with van der Waals surface area (Å²) in [5.74, 6) is 0.822. The summed E-state index contributed by atoms with van der Waals surface area (Å²) in [4.78, 5) is 13.6. The van der Waals surface area contributed by atoms with Crippen LogP contribution in [0.3, 0.4) is 0 Å². The molecule has 3 heterocycles. The van der Waals surface area contributed by atoms with Gasteiger partial charge in [0.1, 0.15) is 6.10 Å². The van der Waals surface area contributed by atoms with Gasteiger partial charge in [-0.25, -0.2) is 0 Å². The van der Waals surface area contributed by atoms with E-state index in [2.05, 4.69) is 19.1 Å². The molecular weight excluding hydrogens is 370 g/mol. The van der Waals surface area contributed by atoms with E-state index in [1.54, 1.807) is 7.11 Å². The summed E-state index contributed by atoms with van der Waals surface area (Å²) in [6.07, 6.45) is 9.16. The molecule has 3 aliphatic heterocycles. The van der Waals surface area contributed by atoms with Gasteiger partial charge in [-0.3, -0.25) is 4.79 Å². The summed E-state index contributed by atoms with van der Waals surface area (Å²) in [5, 5.41) is 0. The first-order valence-corrected chi connectivity index (χ1v) is 10.6. The molecule has 0 radical (unpaired) electrons. The summed E-state index contributed by atoms with van der Waals surface area (Å²) in [6, 6.07) is 2.06. The molecule has 6 heteroatoms. The molecule has 158 valence electrons. The number of methoxy groups -OCH3 is 1. The largest absolute Gasteiger partial charge is 0.493 e. The Morgan fingerprint density at radius 2 is 2.24 bits per heavy atom. The van der Waals surface area contributed by atoms with Crippen LogP contribution in [0.2, 0.25) is 0 Å². The lowest BCUT2D eigenvalue weighted by Gasteiger charge is -2.27. The Labute approximate surface area is 172 Å². The second-order valence-electron chi connectivity index (χ2n) is 8.20. The van der Waals surface area contributed by atoms with Gasteiger partial charge in [-0.1, -0.05) is 13.0 Å². The molecule has 3 aliphatic rings. The maximum Gasteiger partial charge on any atom is 0.210 e. The zero-order chi connectivity index (χ0) is 20.4. The number of rotatable bonds is 3. The highest BCUT2D eigenvalue weighted by molar-refractivity contribution is 5.58. The lowest BCUT2D eigenvalue weighted by molar-refractivity contribution is -0.144. The van der Waals surface area contributed by atoms with Crippen LogP contribution in [-0.4, -0.2) is 49.6 Å². The van der Waals surface area contributed by atoms with Gasteiger partial charge in [0.15, 0.2) is 17.3 Å². The first kappa shape index (κ1) is 20.2. The van der Waals surface area contributed by atoms with Crippen molar-refractivity contribution in [1.29, 1.82) is 0 Å². The zero-order valence-corrected chi connectivity index (χ0v) is 17.6. The third-order valence-corrected chi connectivity index (χ3v) is 6.05. The number of aryl methyl sites for hydroxylation is 1. The Kier molecular flexibility index (Phi) is 5.83. The van der Waals surface area contributed by atoms with Crippen LogP contribution in [0.5, 0.6) is 11.5 Å². The highest BCUT2D eigenvalue weighted by Gasteiger charge is 2.43. The molecule has 1 amide bonds. The Morgan fingerprint density at radius 1 is 1.38 bits per heavy atom. The van der Waals surface area contributed by atoms with Gasteiger partial charge in [0, 0.05) is 31.5 Å². The molecule has 4 rings (SSSR count). The highest BCUT2D eigenvalue weighted by Crippen LogP contribution is 2.45. The predicted molar refractivity (Wildman–Crippen MR) is 109 cm³/mol. The number of nitrogens with zero attached hydrogens (tertiary/aromatic N) is 1. The number of carbonyl (C=O) groups is 1. The van der Waals surface area contributed by atoms with Gasteiger partial charge < -0.3 is 23.8 Å². The number of hydrogen-bond donors (Lipinski definition) is 0. The van der Waals surface area contributed by atoms with E-state index in [0.29, 0.717) is 26.1 Å². The van der Waals surface area contributed by atoms with Crippen molar-refractivity contribution in [2.45, 2.75) is 70.5 Å². The third-order valence-electron chi connectivity index (χ3n) is 6.05. The van der Waals surface area contributed by atoms with Crippen molar-refractivity contribution in [2.75, 3.05) is 20.3 Å². The first-order chi connectivity index (χ1) is 14.1. The predicted octanol–water partition coefficient (Wildman–Crippen LogP) is 3.39. The molecule has 1 spiro atoms. The van der Waals surface area contributed by atoms with E-state index in [4.69, 9.17) is 18.9 Å². The molecular formula is C23H31NO5. The summed E-state index contributed by atoms with van der Waals surface area (Å²) in [6.45, 7) is 6.07. The van der Waals surface area contributed by atoms with Gasteiger partial charge in [0.2, 0.25) is 6.41 Å². The van der Waals surface area contributed by atoms with Gasteiger partial charge in [-0.15, -0.1) is 0 Å². The van der Waals surface area contributed by atoms with Crippen LogP contribution < -0.4 is 9.47 Å². The van der Waals surface area contributed by atoms with Crippen LogP contribution in [0, 0.1) is 0 Å². The summed E-state index contributed by atoms with van der Waals surface area (Å²) in [5.41, 5.74) is 3.56. The van der Waals surface area contributed by atoms with E-state index in [1.807, 2.05) is 17.9 Å². The summed E-state index contributed by atoms with van der Waals surface area (Å²) in [7, 11) is 1.68. The number of carbonyl (C=O) groups excluding carboxylic acids is 1. The van der Waals surface area contributed by atoms with E-state index in [0.717, 1.165) is 49.2 Å². The number of hydrogen-bond acceptors (Lipinski definition) is 5. The lowest BCUT2D eigenvalue weighted by atomic mass is 9.93. The first-order valence-electron chi connectivity index (χ1n) is 10.6. The van der Waals surface area contributed by atoms with Gasteiger partial charge in [-0.2, -0.15) is 0 Å². The van der Waals surface area contributed by atoms with E-state index in [1.165, 1.54) is 11.1 Å². The third kappa shape index (κ3) is 4.01. The van der Waals surface area contributed by atoms with Gasteiger partial charge in [0.05, 0.1) is 19.8 Å². The maximum atomic E-state index is 11.7. The minimum Gasteiger partial charge on any atom is -0.493 e. The molecule has 1 saturated heterocycles. The minimum absolute atomic E-state index is 0.0569. The summed E-state index contributed by atoms with van der Waals surface area (Å²) >= 11 is 0. The van der Waals surface area contributed by atoms with Crippen LogP contribution in [0.15, 0.2) is 18.2 Å². The quantitative estimate of drug-likeness (QED) is 0.574. The van der Waals surface area contributed by atoms with Crippen LogP contribution >= 0.6 is 0 Å². The fourth-order valence-corrected chi connectivity index (χ4v) is 4.64. The molecule has 2 bridgehead atoms. The second kappa shape index (κ2) is 8.36. The molecule has 6 nitrogen and oxygen atoms in total. The minimum atomic E-state index is -0.745. The average molecular weight is 402 g/mol. The fraction of sp³-hybridized carbons (Fsp3) is 0.609. The smallest absolute Gasteiger partial charge is 0.210 e. The Hall–Kier alpha value is -2.05. The van der Waals surface area contributed by atoms with Gasteiger partial charge >= 0.3 is 0 Å². The molecule has 1 fully saturated rings. The second-order valence-corrected chi connectivity index (χ2v) is 8.20. The van der Waals surface area contributed by atoms with E-state index in [-0.39, 0.29) is 12.2 Å². The number of benzene rings is 1. The number of amides is 1. The monoisotopic (exact) mass is 401 g/mol. The van der Waals surface area contributed by atoms with Crippen LogP contribution in [0.1, 0.15) is 49.8 Å². The van der Waals surface area contributed by atoms with Crippen LogP contribution in [0.4, 0.5) is 0 Å². The Bertz CT molecular complexity index is 792. The molecule has 0 aliphatic carbocycles. The SMILES string of the molecule is CCc1cc(OC)c2c3c1CN(C=O)CCC/C=C\C1(CC(C3)O2)OCC(C)O1. The van der Waals surface area contributed by atoms with Gasteiger partial charge in [-0.05, 0) is 49.5 Å². The van der Waals surface area contributed by atoms with E-state index in [9.17, 15) is 4.79 Å². The highest BCUT2D eigenvalue weighted by atomic mass is 16.7. The van der Waals surface area contributed by atoms with Gasteiger partial charge in [0.25, 0.3) is 0 Å². The lowest BCUT2D eigenvalue weighted by Crippen LogP contribution is -2.35. The van der Waals surface area contributed by atoms with Crippen molar-refractivity contribution in [3.63, 3.8) is 0 Å². The molecule has 29 heavy (non-hydrogen) atoms. The van der Waals surface area contributed by atoms with Crippen LogP contribution in [-0.2, 0) is 33.7 Å². The molecule has 0 saturated carbocycles. The molecule has 3 unspecified atom stereocenters. The molecule has 0 aromatic heterocycles. The number of fused-ring (bicyclic) bond motifs is 1. The Morgan fingerprint density at radius 3 is 2.93 bits per heavy atom. The van der Waals surface area contributed by atoms with Crippen molar-refractivity contribution in [2.24, 2.45) is 0 Å². The molecule has 0 N–H and O–H groups in total. The average Bonchev–Trinajstić information content (AvgIpc) is 3.30. The normalized spacial score (nSPS) is 30.2. The topological polar surface area (TPSA) is 57.2 Å². The van der Waals surface area contributed by atoms with E-state index < -0.39 is 5.79 Å². The molecule has 1 aromatic rings. The fourth-order valence-electron chi connectivity index (χ4n) is 4.64. The van der Waals surface area contributed by atoms with Crippen molar-refractivity contribution >= 4 is 6.41 Å². The molecule has 3 atom stereocenters. The number of ether oxygens (including phenoxy) is 4.